The van der Waals surface area contributed by atoms with E-state index in [0.29, 0.717) is 5.56 Å². The third kappa shape index (κ3) is 3.66. The van der Waals surface area contributed by atoms with E-state index in [1.165, 1.54) is 0 Å². The van der Waals surface area contributed by atoms with Crippen molar-refractivity contribution in [3.8, 4) is 0 Å². The average molecular weight is 283 g/mol. The molecule has 0 saturated heterocycles. The molecule has 1 N–H and O–H groups in total. The minimum absolute atomic E-state index is 0.111. The summed E-state index contributed by atoms with van der Waals surface area (Å²) in [7, 11) is 0. The molecule has 0 spiro atoms. The van der Waals surface area contributed by atoms with Crippen LogP contribution in [0.4, 0.5) is 0 Å². The van der Waals surface area contributed by atoms with Gasteiger partial charge in [-0.1, -0.05) is 19.9 Å². The van der Waals surface area contributed by atoms with Gasteiger partial charge in [0.15, 0.2) is 0 Å². The minimum Gasteiger partial charge on any atom is -0.343 e. The number of amides is 1. The number of carbonyl (C=O) groups excluding carboxylic acids is 1. The summed E-state index contributed by atoms with van der Waals surface area (Å²) in [5.41, 5.74) is 3.46. The largest absolute Gasteiger partial charge is 0.343 e. The first-order valence-electron chi connectivity index (χ1n) is 7.14. The third-order valence-corrected chi connectivity index (χ3v) is 3.47. The number of carbonyl (C=O) groups is 1. The van der Waals surface area contributed by atoms with Crippen LogP contribution < -0.4 is 5.32 Å². The van der Waals surface area contributed by atoms with Crippen LogP contribution in [0.5, 0.6) is 0 Å². The Labute approximate surface area is 125 Å². The van der Waals surface area contributed by atoms with Gasteiger partial charge in [0.25, 0.3) is 5.91 Å². The molecule has 1 atom stereocenters. The molecular weight excluding hydrogens is 262 g/mol. The van der Waals surface area contributed by atoms with Gasteiger partial charge in [0, 0.05) is 18.1 Å². The maximum atomic E-state index is 12.4. The van der Waals surface area contributed by atoms with Crippen LogP contribution in [0.2, 0.25) is 0 Å². The van der Waals surface area contributed by atoms with Crippen LogP contribution in [0.3, 0.4) is 0 Å². The van der Waals surface area contributed by atoms with Gasteiger partial charge in [-0.25, -0.2) is 0 Å². The molecule has 1 amide bonds. The summed E-state index contributed by atoms with van der Waals surface area (Å²) in [4.78, 5) is 21.0. The molecule has 0 aliphatic carbocycles. The zero-order valence-corrected chi connectivity index (χ0v) is 12.9. The lowest BCUT2D eigenvalue weighted by atomic mass is 9.97. The average Bonchev–Trinajstić information content (AvgIpc) is 2.46. The van der Waals surface area contributed by atoms with Gasteiger partial charge in [0.1, 0.15) is 0 Å². The molecule has 2 aromatic rings. The van der Waals surface area contributed by atoms with Crippen LogP contribution in [0.25, 0.3) is 0 Å². The molecule has 0 unspecified atom stereocenters. The van der Waals surface area contributed by atoms with Crippen LogP contribution in [0.1, 0.15) is 47.2 Å². The van der Waals surface area contributed by atoms with E-state index in [-0.39, 0.29) is 17.9 Å². The fourth-order valence-corrected chi connectivity index (χ4v) is 2.20. The molecule has 2 heterocycles. The molecule has 4 nitrogen and oxygen atoms in total. The van der Waals surface area contributed by atoms with Crippen LogP contribution in [0.15, 0.2) is 36.7 Å². The van der Waals surface area contributed by atoms with Crippen LogP contribution in [-0.4, -0.2) is 15.9 Å². The number of rotatable bonds is 4. The van der Waals surface area contributed by atoms with Gasteiger partial charge in [-0.3, -0.25) is 14.8 Å². The molecular formula is C17H21N3O. The van der Waals surface area contributed by atoms with E-state index in [4.69, 9.17) is 0 Å². The minimum atomic E-state index is -0.119. The number of pyridine rings is 2. The van der Waals surface area contributed by atoms with Crippen molar-refractivity contribution in [1.82, 2.24) is 15.3 Å². The fourth-order valence-electron chi connectivity index (χ4n) is 2.20. The van der Waals surface area contributed by atoms with Gasteiger partial charge < -0.3 is 5.32 Å². The first-order chi connectivity index (χ1) is 9.99. The Balaban J connectivity index is 2.23. The summed E-state index contributed by atoms with van der Waals surface area (Å²) >= 11 is 0. The predicted molar refractivity (Wildman–Crippen MR) is 83.0 cm³/mol. The molecule has 0 aromatic carbocycles. The second-order valence-electron chi connectivity index (χ2n) is 5.59. The Kier molecular flexibility index (Phi) is 4.68. The van der Waals surface area contributed by atoms with E-state index in [9.17, 15) is 4.79 Å². The number of nitrogens with one attached hydrogen (secondary N) is 1. The molecule has 2 aromatic heterocycles. The molecule has 0 aliphatic heterocycles. The smallest absolute Gasteiger partial charge is 0.253 e. The van der Waals surface area contributed by atoms with E-state index in [1.54, 1.807) is 18.5 Å². The van der Waals surface area contributed by atoms with Gasteiger partial charge in [-0.15, -0.1) is 0 Å². The van der Waals surface area contributed by atoms with Crippen molar-refractivity contribution in [3.63, 3.8) is 0 Å². The lowest BCUT2D eigenvalue weighted by Crippen LogP contribution is -2.32. The van der Waals surface area contributed by atoms with E-state index in [2.05, 4.69) is 29.1 Å². The second-order valence-corrected chi connectivity index (χ2v) is 5.59. The van der Waals surface area contributed by atoms with Crippen molar-refractivity contribution < 1.29 is 4.79 Å². The maximum absolute atomic E-state index is 12.4. The zero-order chi connectivity index (χ0) is 15.4. The Hall–Kier alpha value is -2.23. The zero-order valence-electron chi connectivity index (χ0n) is 12.9. The predicted octanol–water partition coefficient (Wildman–Crippen LogP) is 3.22. The molecule has 4 heteroatoms. The summed E-state index contributed by atoms with van der Waals surface area (Å²) < 4.78 is 0. The molecule has 0 bridgehead atoms. The molecule has 2 rings (SSSR count). The Bertz CT molecular complexity index is 620. The van der Waals surface area contributed by atoms with Gasteiger partial charge in [0.05, 0.1) is 17.3 Å². The van der Waals surface area contributed by atoms with Gasteiger partial charge in [0.2, 0.25) is 0 Å². The van der Waals surface area contributed by atoms with Gasteiger partial charge in [-0.05, 0) is 43.5 Å². The Morgan fingerprint density at radius 1 is 1.14 bits per heavy atom. The highest BCUT2D eigenvalue weighted by Crippen LogP contribution is 2.23. The highest BCUT2D eigenvalue weighted by atomic mass is 16.1. The van der Waals surface area contributed by atoms with Crippen molar-refractivity contribution in [2.45, 2.75) is 33.7 Å². The van der Waals surface area contributed by atoms with Crippen LogP contribution in [0, 0.1) is 19.8 Å². The lowest BCUT2D eigenvalue weighted by molar-refractivity contribution is 0.0924. The Morgan fingerprint density at radius 3 is 2.48 bits per heavy atom. The first-order valence-corrected chi connectivity index (χ1v) is 7.14. The quantitative estimate of drug-likeness (QED) is 0.937. The van der Waals surface area contributed by atoms with Crippen molar-refractivity contribution in [1.29, 1.82) is 0 Å². The SMILES string of the molecule is Cc1ccc(C(=O)N[C@@H](c2ncccc2C)C(C)C)cn1. The number of hydrogen-bond donors (Lipinski definition) is 1. The van der Waals surface area contributed by atoms with Crippen molar-refractivity contribution in [3.05, 3.63) is 59.2 Å². The van der Waals surface area contributed by atoms with E-state index in [0.717, 1.165) is 17.0 Å². The molecule has 0 aliphatic rings. The number of hydrogen-bond acceptors (Lipinski definition) is 3. The Morgan fingerprint density at radius 2 is 1.90 bits per heavy atom. The molecule has 110 valence electrons. The summed E-state index contributed by atoms with van der Waals surface area (Å²) in [6.45, 7) is 8.06. The maximum Gasteiger partial charge on any atom is 0.253 e. The van der Waals surface area contributed by atoms with E-state index in [1.807, 2.05) is 32.0 Å². The normalized spacial score (nSPS) is 12.2. The summed E-state index contributed by atoms with van der Waals surface area (Å²) in [5, 5.41) is 3.07. The molecule has 21 heavy (non-hydrogen) atoms. The van der Waals surface area contributed by atoms with Crippen molar-refractivity contribution >= 4 is 5.91 Å². The van der Waals surface area contributed by atoms with E-state index < -0.39 is 0 Å². The standard InChI is InChI=1S/C17H21N3O/c1-11(2)15(16-12(3)6-5-9-18-16)20-17(21)14-8-7-13(4)19-10-14/h5-11,15H,1-4H3,(H,20,21)/t15-/m1/s1. The molecule has 0 fully saturated rings. The lowest BCUT2D eigenvalue weighted by Gasteiger charge is -2.23. The highest BCUT2D eigenvalue weighted by molar-refractivity contribution is 5.94. The second kappa shape index (κ2) is 6.48. The van der Waals surface area contributed by atoms with Gasteiger partial charge in [-0.2, -0.15) is 0 Å². The van der Waals surface area contributed by atoms with Gasteiger partial charge >= 0.3 is 0 Å². The van der Waals surface area contributed by atoms with Crippen molar-refractivity contribution in [2.24, 2.45) is 5.92 Å². The summed E-state index contributed by atoms with van der Waals surface area (Å²) in [6.07, 6.45) is 3.37. The molecule has 0 radical (unpaired) electrons. The van der Waals surface area contributed by atoms with Crippen molar-refractivity contribution in [2.75, 3.05) is 0 Å². The van der Waals surface area contributed by atoms with Crippen LogP contribution in [-0.2, 0) is 0 Å². The summed E-state index contributed by atoms with van der Waals surface area (Å²) in [5.74, 6) is 0.132. The summed E-state index contributed by atoms with van der Waals surface area (Å²) in [6, 6.07) is 7.44. The van der Waals surface area contributed by atoms with E-state index >= 15 is 0 Å². The number of aromatic nitrogens is 2. The fraction of sp³-hybridized carbons (Fsp3) is 0.353. The topological polar surface area (TPSA) is 54.9 Å². The highest BCUT2D eigenvalue weighted by Gasteiger charge is 2.21. The number of aryl methyl sites for hydroxylation is 2. The third-order valence-electron chi connectivity index (χ3n) is 3.47. The molecule has 0 saturated carbocycles. The number of nitrogens with zero attached hydrogens (tertiary/aromatic N) is 2. The monoisotopic (exact) mass is 283 g/mol. The first kappa shape index (κ1) is 15.2. The van der Waals surface area contributed by atoms with Crippen LogP contribution >= 0.6 is 0 Å².